The van der Waals surface area contributed by atoms with Gasteiger partial charge in [0.05, 0.1) is 21.2 Å². The molecule has 0 spiro atoms. The van der Waals surface area contributed by atoms with Crippen LogP contribution in [0.1, 0.15) is 28.4 Å². The van der Waals surface area contributed by atoms with Crippen molar-refractivity contribution in [2.45, 2.75) is 28.6 Å². The highest BCUT2D eigenvalue weighted by atomic mass is 35.5. The van der Waals surface area contributed by atoms with Crippen LogP contribution < -0.4 is 10.2 Å². The summed E-state index contributed by atoms with van der Waals surface area (Å²) in [5, 5.41) is -0.419. The van der Waals surface area contributed by atoms with Crippen LogP contribution in [-0.4, -0.2) is 20.3 Å². The lowest BCUT2D eigenvalue weighted by Gasteiger charge is -2.15. The fourth-order valence-electron chi connectivity index (χ4n) is 2.89. The molecule has 14 heteroatoms. The number of hydrogen-bond donors (Lipinski definition) is 2. The van der Waals surface area contributed by atoms with Crippen LogP contribution in [0.25, 0.3) is 0 Å². The van der Waals surface area contributed by atoms with E-state index in [2.05, 4.69) is 9.56 Å². The third kappa shape index (κ3) is 7.78. The SMILES string of the molecule is CC(=O)ONC(=O)c1ccc(CSc2ccc(Cl)cc2NS(=O)(=O)c2ccc(Cl)c(C(F)(F)F)c2)cc1. The molecule has 0 aliphatic rings. The molecule has 0 saturated heterocycles. The third-order valence-electron chi connectivity index (χ3n) is 4.64. The molecule has 7 nitrogen and oxygen atoms in total. The van der Waals surface area contributed by atoms with Crippen molar-refractivity contribution in [2.75, 3.05) is 4.72 Å². The lowest BCUT2D eigenvalue weighted by atomic mass is 10.1. The molecule has 0 heterocycles. The van der Waals surface area contributed by atoms with Crippen molar-refractivity contribution in [3.8, 4) is 0 Å². The number of rotatable bonds is 7. The van der Waals surface area contributed by atoms with Gasteiger partial charge in [-0.15, -0.1) is 11.8 Å². The maximum atomic E-state index is 13.2. The number of alkyl halides is 3. The standard InChI is InChI=1S/C23H17Cl2F3N2O5S2/c1-13(31)35-29-22(32)15-4-2-14(3-5-15)12-36-21-9-6-16(24)10-20(21)30-37(33,34)17-7-8-19(25)18(11-17)23(26,27)28/h2-11,30H,12H2,1H3,(H,29,32). The van der Waals surface area contributed by atoms with E-state index in [9.17, 15) is 31.2 Å². The number of benzene rings is 3. The van der Waals surface area contributed by atoms with Gasteiger partial charge in [-0.2, -0.15) is 18.7 Å². The van der Waals surface area contributed by atoms with E-state index in [0.717, 1.165) is 24.6 Å². The van der Waals surface area contributed by atoms with Gasteiger partial charge in [-0.05, 0) is 54.1 Å². The van der Waals surface area contributed by atoms with Gasteiger partial charge in [0.2, 0.25) is 0 Å². The number of hydroxylamine groups is 1. The highest BCUT2D eigenvalue weighted by Gasteiger charge is 2.34. The summed E-state index contributed by atoms with van der Waals surface area (Å²) in [6, 6.07) is 13.1. The number of thioether (sulfide) groups is 1. The van der Waals surface area contributed by atoms with Crippen LogP contribution in [0.15, 0.2) is 70.5 Å². The number of amides is 1. The quantitative estimate of drug-likeness (QED) is 0.246. The number of sulfonamides is 1. The molecule has 0 aliphatic heterocycles. The molecule has 0 unspecified atom stereocenters. The van der Waals surface area contributed by atoms with Crippen molar-refractivity contribution in [1.29, 1.82) is 0 Å². The molecule has 3 aromatic rings. The summed E-state index contributed by atoms with van der Waals surface area (Å²) in [6.45, 7) is 1.14. The second kappa shape index (κ2) is 11.6. The average Bonchev–Trinajstić information content (AvgIpc) is 2.81. The molecule has 196 valence electrons. The van der Waals surface area contributed by atoms with Crippen LogP contribution in [-0.2, 0) is 31.6 Å². The minimum atomic E-state index is -4.84. The minimum absolute atomic E-state index is 0.0680. The molecule has 1 amide bonds. The van der Waals surface area contributed by atoms with Crippen LogP contribution in [0.4, 0.5) is 18.9 Å². The predicted molar refractivity (Wildman–Crippen MR) is 134 cm³/mol. The molecule has 2 N–H and O–H groups in total. The highest BCUT2D eigenvalue weighted by molar-refractivity contribution is 7.98. The van der Waals surface area contributed by atoms with Gasteiger partial charge < -0.3 is 4.84 Å². The largest absolute Gasteiger partial charge is 0.417 e. The first-order valence-corrected chi connectivity index (χ1v) is 13.4. The summed E-state index contributed by atoms with van der Waals surface area (Å²) in [6.07, 6.45) is -4.84. The molecular formula is C23H17Cl2F3N2O5S2. The summed E-state index contributed by atoms with van der Waals surface area (Å²) in [5.74, 6) is -0.936. The van der Waals surface area contributed by atoms with Crippen LogP contribution in [0.2, 0.25) is 10.0 Å². The fraction of sp³-hybridized carbons (Fsp3) is 0.130. The molecular weight excluding hydrogens is 576 g/mol. The lowest BCUT2D eigenvalue weighted by molar-refractivity contribution is -0.146. The van der Waals surface area contributed by atoms with E-state index in [1.807, 2.05) is 5.48 Å². The Labute approximate surface area is 224 Å². The summed E-state index contributed by atoms with van der Waals surface area (Å²) in [4.78, 5) is 27.0. The third-order valence-corrected chi connectivity index (χ3v) is 7.71. The van der Waals surface area contributed by atoms with Crippen LogP contribution in [0.3, 0.4) is 0 Å². The highest BCUT2D eigenvalue weighted by Crippen LogP contribution is 2.37. The first-order chi connectivity index (χ1) is 17.3. The maximum absolute atomic E-state index is 13.2. The number of halogens is 5. The Hall–Kier alpha value is -2.93. The van der Waals surface area contributed by atoms with Gasteiger partial charge >= 0.3 is 12.1 Å². The Morgan fingerprint density at radius 3 is 2.30 bits per heavy atom. The van der Waals surface area contributed by atoms with Gasteiger partial charge in [-0.1, -0.05) is 35.3 Å². The van der Waals surface area contributed by atoms with Crippen LogP contribution in [0.5, 0.6) is 0 Å². The van der Waals surface area contributed by atoms with Crippen LogP contribution in [0, 0.1) is 0 Å². The molecule has 0 radical (unpaired) electrons. The Morgan fingerprint density at radius 1 is 1.00 bits per heavy atom. The minimum Gasteiger partial charge on any atom is -0.341 e. The zero-order chi connectivity index (χ0) is 27.4. The van der Waals surface area contributed by atoms with Gasteiger partial charge in [0.1, 0.15) is 0 Å². The Kier molecular flexibility index (Phi) is 9.00. The van der Waals surface area contributed by atoms with Crippen molar-refractivity contribution in [3.63, 3.8) is 0 Å². The van der Waals surface area contributed by atoms with E-state index in [4.69, 9.17) is 23.2 Å². The van der Waals surface area contributed by atoms with Crippen molar-refractivity contribution >= 4 is 62.6 Å². The Morgan fingerprint density at radius 2 is 1.68 bits per heavy atom. The number of carbonyl (C=O) groups is 2. The normalized spacial score (nSPS) is 11.6. The van der Waals surface area contributed by atoms with Gasteiger partial charge in [0, 0.05) is 28.2 Å². The maximum Gasteiger partial charge on any atom is 0.417 e. The summed E-state index contributed by atoms with van der Waals surface area (Å²) in [7, 11) is -4.42. The second-order valence-corrected chi connectivity index (χ2v) is 10.9. The first-order valence-electron chi connectivity index (χ1n) is 10.1. The number of anilines is 1. The zero-order valence-electron chi connectivity index (χ0n) is 18.7. The Balaban J connectivity index is 1.78. The van der Waals surface area contributed by atoms with Crippen molar-refractivity contribution in [1.82, 2.24) is 5.48 Å². The smallest absolute Gasteiger partial charge is 0.341 e. The predicted octanol–water partition coefficient (Wildman–Crippen LogP) is 6.31. The van der Waals surface area contributed by atoms with Crippen molar-refractivity contribution in [3.05, 3.63) is 87.4 Å². The van der Waals surface area contributed by atoms with Gasteiger partial charge in [-0.3, -0.25) is 14.3 Å². The molecule has 0 fully saturated rings. The molecule has 0 bridgehead atoms. The lowest BCUT2D eigenvalue weighted by Crippen LogP contribution is -2.25. The molecule has 3 rings (SSSR count). The number of nitrogens with one attached hydrogen (secondary N) is 2. The van der Waals surface area contributed by atoms with Crippen molar-refractivity contribution in [2.24, 2.45) is 0 Å². The summed E-state index contributed by atoms with van der Waals surface area (Å²) < 4.78 is 67.7. The molecule has 0 aromatic heterocycles. The summed E-state index contributed by atoms with van der Waals surface area (Å²) in [5.41, 5.74) is 1.81. The van der Waals surface area contributed by atoms with Crippen molar-refractivity contribution < 1.29 is 36.0 Å². The topological polar surface area (TPSA) is 102 Å². The number of hydrogen-bond acceptors (Lipinski definition) is 6. The monoisotopic (exact) mass is 592 g/mol. The molecule has 0 saturated carbocycles. The first kappa shape index (κ1) is 28.6. The Bertz CT molecular complexity index is 1430. The average molecular weight is 593 g/mol. The van der Waals surface area contributed by atoms with E-state index in [0.29, 0.717) is 16.7 Å². The van der Waals surface area contributed by atoms with E-state index >= 15 is 0 Å². The molecule has 0 atom stereocenters. The molecule has 37 heavy (non-hydrogen) atoms. The molecule has 3 aromatic carbocycles. The fourth-order valence-corrected chi connectivity index (χ4v) is 5.39. The van der Waals surface area contributed by atoms with Gasteiger partial charge in [0.15, 0.2) is 0 Å². The van der Waals surface area contributed by atoms with Crippen LogP contribution >= 0.6 is 35.0 Å². The second-order valence-electron chi connectivity index (χ2n) is 7.40. The zero-order valence-corrected chi connectivity index (χ0v) is 21.9. The molecule has 0 aliphatic carbocycles. The van der Waals surface area contributed by atoms with E-state index < -0.39 is 43.6 Å². The van der Waals surface area contributed by atoms with Gasteiger partial charge in [0.25, 0.3) is 15.9 Å². The summed E-state index contributed by atoms with van der Waals surface area (Å²) >= 11 is 12.8. The number of carbonyl (C=O) groups excluding carboxylic acids is 2. The van der Waals surface area contributed by atoms with E-state index in [1.54, 1.807) is 18.2 Å². The van der Waals surface area contributed by atoms with E-state index in [-0.39, 0.29) is 16.3 Å². The van der Waals surface area contributed by atoms with E-state index in [1.165, 1.54) is 36.0 Å². The van der Waals surface area contributed by atoms with Gasteiger partial charge in [-0.25, -0.2) is 8.42 Å².